The maximum absolute atomic E-state index is 5.51. The summed E-state index contributed by atoms with van der Waals surface area (Å²) < 4.78 is 5.51. The van der Waals surface area contributed by atoms with Gasteiger partial charge in [-0.2, -0.15) is 0 Å². The molecule has 0 atom stereocenters. The van der Waals surface area contributed by atoms with Crippen LogP contribution in [0.2, 0.25) is 0 Å². The van der Waals surface area contributed by atoms with Crippen molar-refractivity contribution in [3.8, 4) is 0 Å². The van der Waals surface area contributed by atoms with Crippen LogP contribution in [0.3, 0.4) is 0 Å². The monoisotopic (exact) mass is 228 g/mol. The molecule has 1 fully saturated rings. The van der Waals surface area contributed by atoms with Gasteiger partial charge in [-0.1, -0.05) is 20.8 Å². The molecule has 96 valence electrons. The molecule has 1 aliphatic rings. The molecule has 1 rings (SSSR count). The van der Waals surface area contributed by atoms with E-state index in [-0.39, 0.29) is 0 Å². The molecule has 16 heavy (non-hydrogen) atoms. The lowest BCUT2D eigenvalue weighted by Gasteiger charge is -2.19. The van der Waals surface area contributed by atoms with Gasteiger partial charge in [0.1, 0.15) is 0 Å². The van der Waals surface area contributed by atoms with Gasteiger partial charge in [0.05, 0.1) is 6.61 Å². The van der Waals surface area contributed by atoms with Crippen molar-refractivity contribution in [2.45, 2.75) is 39.7 Å². The Morgan fingerprint density at radius 1 is 1.31 bits per heavy atom. The summed E-state index contributed by atoms with van der Waals surface area (Å²) in [5.74, 6) is 0.644. The van der Waals surface area contributed by atoms with E-state index >= 15 is 0 Å². The van der Waals surface area contributed by atoms with Crippen LogP contribution in [0, 0.1) is 5.92 Å². The largest absolute Gasteiger partial charge is 0.380 e. The van der Waals surface area contributed by atoms with Gasteiger partial charge in [0.2, 0.25) is 0 Å². The van der Waals surface area contributed by atoms with Crippen molar-refractivity contribution in [3.63, 3.8) is 0 Å². The lowest BCUT2D eigenvalue weighted by Crippen LogP contribution is -2.34. The predicted molar refractivity (Wildman–Crippen MR) is 68.8 cm³/mol. The van der Waals surface area contributed by atoms with E-state index in [4.69, 9.17) is 4.74 Å². The van der Waals surface area contributed by atoms with Crippen LogP contribution >= 0.6 is 0 Å². The fourth-order valence-electron chi connectivity index (χ4n) is 1.85. The molecule has 0 aromatic carbocycles. The second kappa shape index (κ2) is 8.04. The summed E-state index contributed by atoms with van der Waals surface area (Å²) in [5.41, 5.74) is 0. The van der Waals surface area contributed by atoms with Gasteiger partial charge in [-0.3, -0.25) is 4.90 Å². The molecule has 1 saturated carbocycles. The second-order valence-electron chi connectivity index (χ2n) is 5.08. The van der Waals surface area contributed by atoms with E-state index in [2.05, 4.69) is 31.0 Å². The van der Waals surface area contributed by atoms with Crippen molar-refractivity contribution >= 4 is 0 Å². The normalized spacial score (nSPS) is 16.3. The minimum absolute atomic E-state index is 0.644. The topological polar surface area (TPSA) is 24.5 Å². The van der Waals surface area contributed by atoms with Gasteiger partial charge in [-0.25, -0.2) is 0 Å². The van der Waals surface area contributed by atoms with Crippen molar-refractivity contribution < 1.29 is 4.74 Å². The summed E-state index contributed by atoms with van der Waals surface area (Å²) in [6.45, 7) is 12.8. The molecule has 3 heteroatoms. The Labute approximate surface area is 101 Å². The molecule has 0 aromatic heterocycles. The SMILES string of the molecule is CCN(CCNCCOCC(C)C)C1CC1. The van der Waals surface area contributed by atoms with Gasteiger partial charge in [-0.15, -0.1) is 0 Å². The number of hydrogen-bond acceptors (Lipinski definition) is 3. The molecule has 1 aliphatic carbocycles. The zero-order chi connectivity index (χ0) is 11.8. The van der Waals surface area contributed by atoms with Crippen LogP contribution in [0.4, 0.5) is 0 Å². The highest BCUT2D eigenvalue weighted by molar-refractivity contribution is 4.83. The third-order valence-electron chi connectivity index (χ3n) is 2.92. The Balaban J connectivity index is 1.83. The minimum Gasteiger partial charge on any atom is -0.380 e. The fourth-order valence-corrected chi connectivity index (χ4v) is 1.85. The molecule has 0 radical (unpaired) electrons. The predicted octanol–water partition coefficient (Wildman–Crippen LogP) is 1.73. The molecule has 0 heterocycles. The van der Waals surface area contributed by atoms with Gasteiger partial charge in [0.15, 0.2) is 0 Å². The van der Waals surface area contributed by atoms with Crippen LogP contribution in [0.1, 0.15) is 33.6 Å². The van der Waals surface area contributed by atoms with Crippen LogP contribution in [0.5, 0.6) is 0 Å². The van der Waals surface area contributed by atoms with Crippen LogP contribution in [-0.2, 0) is 4.74 Å². The molecular weight excluding hydrogens is 200 g/mol. The van der Waals surface area contributed by atoms with Gasteiger partial charge in [-0.05, 0) is 25.3 Å². The first-order valence-corrected chi connectivity index (χ1v) is 6.76. The van der Waals surface area contributed by atoms with Crippen molar-refractivity contribution in [2.24, 2.45) is 5.92 Å². The van der Waals surface area contributed by atoms with Gasteiger partial charge < -0.3 is 10.1 Å². The van der Waals surface area contributed by atoms with E-state index in [1.54, 1.807) is 0 Å². The van der Waals surface area contributed by atoms with Crippen molar-refractivity contribution in [2.75, 3.05) is 39.4 Å². The number of hydrogen-bond donors (Lipinski definition) is 1. The number of likely N-dealkylation sites (N-methyl/N-ethyl adjacent to an activating group) is 1. The van der Waals surface area contributed by atoms with Crippen LogP contribution in [0.25, 0.3) is 0 Å². The molecule has 0 spiro atoms. The van der Waals surface area contributed by atoms with E-state index in [9.17, 15) is 0 Å². The molecule has 0 aliphatic heterocycles. The maximum atomic E-state index is 5.51. The number of ether oxygens (including phenoxy) is 1. The average Bonchev–Trinajstić information content (AvgIpc) is 3.05. The lowest BCUT2D eigenvalue weighted by atomic mass is 10.2. The molecule has 0 aromatic rings. The van der Waals surface area contributed by atoms with E-state index in [1.165, 1.54) is 25.9 Å². The van der Waals surface area contributed by atoms with E-state index in [0.717, 1.165) is 32.3 Å². The van der Waals surface area contributed by atoms with Crippen LogP contribution < -0.4 is 5.32 Å². The summed E-state index contributed by atoms with van der Waals surface area (Å²) in [4.78, 5) is 2.57. The van der Waals surface area contributed by atoms with Crippen molar-refractivity contribution in [1.82, 2.24) is 10.2 Å². The van der Waals surface area contributed by atoms with Gasteiger partial charge in [0, 0.05) is 32.3 Å². The first-order chi connectivity index (χ1) is 7.74. The van der Waals surface area contributed by atoms with Gasteiger partial charge in [0.25, 0.3) is 0 Å². The highest BCUT2D eigenvalue weighted by atomic mass is 16.5. The van der Waals surface area contributed by atoms with Crippen LogP contribution in [-0.4, -0.2) is 50.3 Å². The zero-order valence-corrected chi connectivity index (χ0v) is 11.2. The minimum atomic E-state index is 0.644. The quantitative estimate of drug-likeness (QED) is 0.576. The lowest BCUT2D eigenvalue weighted by molar-refractivity contribution is 0.111. The molecule has 0 bridgehead atoms. The fraction of sp³-hybridized carbons (Fsp3) is 1.00. The standard InChI is InChI=1S/C13H28N2O/c1-4-15(13-5-6-13)9-7-14-8-10-16-11-12(2)3/h12-14H,4-11H2,1-3H3. The van der Waals surface area contributed by atoms with Gasteiger partial charge >= 0.3 is 0 Å². The Kier molecular flexibility index (Phi) is 7.01. The molecule has 1 N–H and O–H groups in total. The van der Waals surface area contributed by atoms with E-state index in [0.29, 0.717) is 5.92 Å². The number of nitrogens with one attached hydrogen (secondary N) is 1. The summed E-state index contributed by atoms with van der Waals surface area (Å²) in [5, 5.41) is 3.44. The van der Waals surface area contributed by atoms with Crippen LogP contribution in [0.15, 0.2) is 0 Å². The van der Waals surface area contributed by atoms with E-state index < -0.39 is 0 Å². The summed E-state index contributed by atoms with van der Waals surface area (Å²) in [6, 6.07) is 0.893. The Morgan fingerprint density at radius 3 is 2.62 bits per heavy atom. The highest BCUT2D eigenvalue weighted by Crippen LogP contribution is 2.25. The summed E-state index contributed by atoms with van der Waals surface area (Å²) in [7, 11) is 0. The number of rotatable bonds is 10. The molecule has 0 saturated heterocycles. The molecule has 3 nitrogen and oxygen atoms in total. The number of nitrogens with zero attached hydrogens (tertiary/aromatic N) is 1. The average molecular weight is 228 g/mol. The Bertz CT molecular complexity index is 169. The molecular formula is C13H28N2O. The smallest absolute Gasteiger partial charge is 0.0591 e. The summed E-state index contributed by atoms with van der Waals surface area (Å²) in [6.07, 6.45) is 2.82. The van der Waals surface area contributed by atoms with Crippen molar-refractivity contribution in [3.05, 3.63) is 0 Å². The maximum Gasteiger partial charge on any atom is 0.0591 e. The van der Waals surface area contributed by atoms with Crippen molar-refractivity contribution in [1.29, 1.82) is 0 Å². The first kappa shape index (κ1) is 13.9. The Hall–Kier alpha value is -0.120. The summed E-state index contributed by atoms with van der Waals surface area (Å²) >= 11 is 0. The molecule has 0 unspecified atom stereocenters. The molecule has 0 amide bonds. The van der Waals surface area contributed by atoms with E-state index in [1.807, 2.05) is 0 Å². The highest BCUT2D eigenvalue weighted by Gasteiger charge is 2.26. The Morgan fingerprint density at radius 2 is 2.06 bits per heavy atom. The third-order valence-corrected chi connectivity index (χ3v) is 2.92. The zero-order valence-electron chi connectivity index (χ0n) is 11.2. The first-order valence-electron chi connectivity index (χ1n) is 6.76. The third kappa shape index (κ3) is 6.46. The second-order valence-corrected chi connectivity index (χ2v) is 5.08.